The predicted molar refractivity (Wildman–Crippen MR) is 122 cm³/mol. The second-order valence-electron chi connectivity index (χ2n) is 9.58. The first kappa shape index (κ1) is 23.0. The van der Waals surface area contributed by atoms with Crippen molar-refractivity contribution in [2.24, 2.45) is 0 Å². The summed E-state index contributed by atoms with van der Waals surface area (Å²) in [6, 6.07) is 6.11. The summed E-state index contributed by atoms with van der Waals surface area (Å²) in [5, 5.41) is 10.5. The number of hydrogen-bond acceptors (Lipinski definition) is 6. The number of benzene rings is 1. The number of nitrogens with zero attached hydrogens (tertiary/aromatic N) is 3. The Morgan fingerprint density at radius 3 is 2.36 bits per heavy atom. The maximum absolute atomic E-state index is 13.0. The van der Waals surface area contributed by atoms with Crippen LogP contribution in [0.1, 0.15) is 78.6 Å². The fourth-order valence-corrected chi connectivity index (χ4v) is 5.47. The van der Waals surface area contributed by atoms with Crippen molar-refractivity contribution in [1.82, 2.24) is 14.5 Å². The van der Waals surface area contributed by atoms with E-state index < -0.39 is 34.7 Å². The molecule has 2 atom stereocenters. The molecule has 0 saturated heterocycles. The molecule has 4 rings (SSSR count). The van der Waals surface area contributed by atoms with E-state index >= 15 is 0 Å². The first-order valence-electron chi connectivity index (χ1n) is 11.4. The van der Waals surface area contributed by atoms with Crippen LogP contribution in [-0.4, -0.2) is 44.5 Å². The van der Waals surface area contributed by atoms with Crippen LogP contribution in [0.4, 0.5) is 0 Å². The van der Waals surface area contributed by atoms with Crippen LogP contribution < -0.4 is 5.56 Å². The maximum Gasteiger partial charge on any atom is 0.316 e. The molecule has 1 aliphatic heterocycles. The van der Waals surface area contributed by atoms with Gasteiger partial charge in [-0.1, -0.05) is 42.2 Å². The average Bonchev–Trinajstić information content (AvgIpc) is 3.23. The van der Waals surface area contributed by atoms with Crippen molar-refractivity contribution < 1.29 is 19.4 Å². The van der Waals surface area contributed by atoms with Gasteiger partial charge in [-0.05, 0) is 39.2 Å². The van der Waals surface area contributed by atoms with Crippen LogP contribution in [0.5, 0.6) is 5.75 Å². The molecule has 0 bridgehead atoms. The summed E-state index contributed by atoms with van der Waals surface area (Å²) in [5.74, 6) is -1.40. The van der Waals surface area contributed by atoms with Crippen molar-refractivity contribution in [2.75, 3.05) is 7.05 Å². The maximum atomic E-state index is 13.0. The highest BCUT2D eigenvalue weighted by Crippen LogP contribution is 2.51. The van der Waals surface area contributed by atoms with E-state index in [1.807, 2.05) is 20.8 Å². The van der Waals surface area contributed by atoms with Crippen LogP contribution in [0.25, 0.3) is 0 Å². The summed E-state index contributed by atoms with van der Waals surface area (Å²) in [5.41, 5.74) is 1.65. The van der Waals surface area contributed by atoms with E-state index in [0.717, 1.165) is 42.4 Å². The SMILES string of the molecule is CC(=O)OC(c1nc(=O)c(O)c2n1C[C@H](C)N(C)C2=O)C1(c2cc(C)cc(C)c2)CCCC1. The average molecular weight is 454 g/mol. The van der Waals surface area contributed by atoms with Gasteiger partial charge in [-0.25, -0.2) is 0 Å². The minimum absolute atomic E-state index is 0.101. The van der Waals surface area contributed by atoms with Crippen molar-refractivity contribution in [3.05, 3.63) is 56.8 Å². The minimum Gasteiger partial charge on any atom is -0.501 e. The Morgan fingerprint density at radius 2 is 1.79 bits per heavy atom. The zero-order valence-electron chi connectivity index (χ0n) is 19.8. The van der Waals surface area contributed by atoms with E-state index in [1.54, 1.807) is 11.6 Å². The Balaban J connectivity index is 2.01. The van der Waals surface area contributed by atoms with Gasteiger partial charge in [0, 0.05) is 32.0 Å². The number of aromatic nitrogens is 2. The molecule has 1 aromatic heterocycles. The van der Waals surface area contributed by atoms with Crippen LogP contribution in [0.15, 0.2) is 23.0 Å². The molecule has 33 heavy (non-hydrogen) atoms. The summed E-state index contributed by atoms with van der Waals surface area (Å²) >= 11 is 0. The summed E-state index contributed by atoms with van der Waals surface area (Å²) < 4.78 is 7.53. The molecule has 176 valence electrons. The zero-order valence-corrected chi connectivity index (χ0v) is 19.8. The van der Waals surface area contributed by atoms with Gasteiger partial charge in [-0.3, -0.25) is 14.4 Å². The lowest BCUT2D eigenvalue weighted by Gasteiger charge is -2.40. The van der Waals surface area contributed by atoms with E-state index in [-0.39, 0.29) is 17.6 Å². The van der Waals surface area contributed by atoms with Crippen molar-refractivity contribution >= 4 is 11.9 Å². The first-order chi connectivity index (χ1) is 15.5. The number of ether oxygens (including phenoxy) is 1. The summed E-state index contributed by atoms with van der Waals surface area (Å²) in [7, 11) is 1.64. The minimum atomic E-state index is -0.890. The largest absolute Gasteiger partial charge is 0.501 e. The third-order valence-corrected chi connectivity index (χ3v) is 7.13. The standard InChI is InChI=1S/C25H31N3O5/c1-14-10-15(2)12-18(11-14)25(8-6-7-9-25)21(33-17(4)29)22-26-23(31)20(30)19-24(32)27(5)16(3)13-28(19)22/h10-12,16,21,30H,6-9,13H2,1-5H3/t16-,21?/m0/s1. The number of esters is 1. The molecule has 2 heterocycles. The van der Waals surface area contributed by atoms with Crippen molar-refractivity contribution in [3.8, 4) is 5.75 Å². The van der Waals surface area contributed by atoms with Crippen LogP contribution in [0.3, 0.4) is 0 Å². The van der Waals surface area contributed by atoms with Crippen LogP contribution in [-0.2, 0) is 21.5 Å². The molecule has 1 saturated carbocycles. The molecular weight excluding hydrogens is 422 g/mol. The molecule has 1 unspecified atom stereocenters. The lowest BCUT2D eigenvalue weighted by molar-refractivity contribution is -0.151. The molecule has 1 N–H and O–H groups in total. The third kappa shape index (κ3) is 3.81. The Morgan fingerprint density at radius 1 is 1.18 bits per heavy atom. The number of likely N-dealkylation sites (N-methyl/N-ethyl adjacent to an activating group) is 1. The molecule has 2 aromatic rings. The Hall–Kier alpha value is -3.16. The van der Waals surface area contributed by atoms with Gasteiger partial charge in [0.1, 0.15) is 0 Å². The smallest absolute Gasteiger partial charge is 0.316 e. The van der Waals surface area contributed by atoms with Crippen LogP contribution >= 0.6 is 0 Å². The van der Waals surface area contributed by atoms with E-state index in [9.17, 15) is 19.5 Å². The van der Waals surface area contributed by atoms with Gasteiger partial charge >= 0.3 is 11.5 Å². The number of hydrogen-bond donors (Lipinski definition) is 1. The van der Waals surface area contributed by atoms with Gasteiger partial charge in [-0.15, -0.1) is 0 Å². The number of fused-ring (bicyclic) bond motifs is 1. The van der Waals surface area contributed by atoms with E-state index in [2.05, 4.69) is 23.2 Å². The molecule has 2 aliphatic rings. The Bertz CT molecular complexity index is 1160. The van der Waals surface area contributed by atoms with Crippen molar-refractivity contribution in [3.63, 3.8) is 0 Å². The molecule has 1 fully saturated rings. The monoisotopic (exact) mass is 453 g/mol. The number of carbonyl (C=O) groups excluding carboxylic acids is 2. The first-order valence-corrected chi connectivity index (χ1v) is 11.4. The second kappa shape index (κ2) is 8.32. The highest BCUT2D eigenvalue weighted by atomic mass is 16.5. The molecule has 1 aromatic carbocycles. The Kier molecular flexibility index (Phi) is 5.80. The van der Waals surface area contributed by atoms with E-state index in [4.69, 9.17) is 4.74 Å². The molecule has 8 heteroatoms. The predicted octanol–water partition coefficient (Wildman–Crippen LogP) is 3.16. The van der Waals surface area contributed by atoms with E-state index in [0.29, 0.717) is 6.54 Å². The number of rotatable bonds is 4. The molecule has 0 spiro atoms. The number of carbonyl (C=O) groups is 2. The molecule has 0 radical (unpaired) electrons. The van der Waals surface area contributed by atoms with Crippen molar-refractivity contribution in [1.29, 1.82) is 0 Å². The summed E-state index contributed by atoms with van der Waals surface area (Å²) in [6.45, 7) is 7.61. The van der Waals surface area contributed by atoms with Gasteiger partial charge in [0.25, 0.3) is 5.91 Å². The van der Waals surface area contributed by atoms with Gasteiger partial charge in [-0.2, -0.15) is 4.98 Å². The van der Waals surface area contributed by atoms with Gasteiger partial charge in [0.05, 0.1) is 0 Å². The molecular formula is C25H31N3O5. The van der Waals surface area contributed by atoms with Crippen molar-refractivity contribution in [2.45, 2.75) is 77.5 Å². The van der Waals surface area contributed by atoms with Crippen LogP contribution in [0, 0.1) is 13.8 Å². The Labute approximate surface area is 193 Å². The molecule has 1 aliphatic carbocycles. The van der Waals surface area contributed by atoms with Gasteiger partial charge in [0.2, 0.25) is 5.75 Å². The third-order valence-electron chi connectivity index (χ3n) is 7.13. The lowest BCUT2D eigenvalue weighted by Crippen LogP contribution is -2.48. The van der Waals surface area contributed by atoms with Gasteiger partial charge in [0.15, 0.2) is 17.6 Å². The lowest BCUT2D eigenvalue weighted by atomic mass is 9.72. The normalized spacial score (nSPS) is 20.5. The number of amides is 1. The molecule has 8 nitrogen and oxygen atoms in total. The topological polar surface area (TPSA) is 102 Å². The zero-order chi connectivity index (χ0) is 24.1. The summed E-state index contributed by atoms with van der Waals surface area (Å²) in [6.07, 6.45) is 2.52. The molecule has 1 amide bonds. The fourth-order valence-electron chi connectivity index (χ4n) is 5.47. The van der Waals surface area contributed by atoms with Gasteiger partial charge < -0.3 is 19.3 Å². The number of aromatic hydroxyl groups is 1. The second-order valence-corrected chi connectivity index (χ2v) is 9.58. The van der Waals surface area contributed by atoms with Crippen LogP contribution in [0.2, 0.25) is 0 Å². The van der Waals surface area contributed by atoms with E-state index in [1.165, 1.54) is 11.8 Å². The highest BCUT2D eigenvalue weighted by Gasteiger charge is 2.49. The summed E-state index contributed by atoms with van der Waals surface area (Å²) in [4.78, 5) is 43.8. The highest BCUT2D eigenvalue weighted by molar-refractivity contribution is 5.95. The fraction of sp³-hybridized carbons (Fsp3) is 0.520. The number of aryl methyl sites for hydroxylation is 2. The quantitative estimate of drug-likeness (QED) is 0.714.